The molecule has 2 atom stereocenters. The average Bonchev–Trinajstić information content (AvgIpc) is 2.31. The highest BCUT2D eigenvalue weighted by Gasteiger charge is 2.29. The molecule has 0 amide bonds. The number of carboxylic acid groups (broad SMARTS) is 1. The lowest BCUT2D eigenvalue weighted by Gasteiger charge is -2.34. The van der Waals surface area contributed by atoms with Crippen molar-refractivity contribution in [3.8, 4) is 0 Å². The van der Waals surface area contributed by atoms with E-state index in [1.807, 2.05) is 24.3 Å². The highest BCUT2D eigenvalue weighted by molar-refractivity contribution is 6.30. The first kappa shape index (κ1) is 13.3. The number of benzene rings is 1. The van der Waals surface area contributed by atoms with Crippen LogP contribution in [-0.4, -0.2) is 35.1 Å². The van der Waals surface area contributed by atoms with E-state index >= 15 is 0 Å². The van der Waals surface area contributed by atoms with Crippen molar-refractivity contribution >= 4 is 17.6 Å². The van der Waals surface area contributed by atoms with Gasteiger partial charge in [-0.15, -0.1) is 0 Å². The number of nitrogens with two attached hydrogens (primary N) is 1. The van der Waals surface area contributed by atoms with E-state index in [-0.39, 0.29) is 12.0 Å². The number of hydrogen-bond donors (Lipinski definition) is 2. The zero-order valence-electron chi connectivity index (χ0n) is 10.1. The third-order valence-corrected chi connectivity index (χ3v) is 3.48. The van der Waals surface area contributed by atoms with Crippen molar-refractivity contribution in [1.82, 2.24) is 4.90 Å². The fourth-order valence-electron chi connectivity index (χ4n) is 2.39. The van der Waals surface area contributed by atoms with Gasteiger partial charge in [-0.3, -0.25) is 9.69 Å². The lowest BCUT2D eigenvalue weighted by Crippen LogP contribution is -2.48. The molecule has 3 N–H and O–H groups in total. The van der Waals surface area contributed by atoms with Crippen LogP contribution < -0.4 is 5.73 Å². The van der Waals surface area contributed by atoms with Gasteiger partial charge in [0.2, 0.25) is 0 Å². The standard InChI is InChI=1S/C13H17ClN2O2/c14-11-3-1-9(2-4-11)6-16-7-10(13(17)18)5-12(15)8-16/h1-4,10,12H,5-8,15H2,(H,17,18). The summed E-state index contributed by atoms with van der Waals surface area (Å²) in [5.74, 6) is -1.12. The van der Waals surface area contributed by atoms with Crippen LogP contribution in [0.25, 0.3) is 0 Å². The van der Waals surface area contributed by atoms with Crippen molar-refractivity contribution < 1.29 is 9.90 Å². The van der Waals surface area contributed by atoms with Gasteiger partial charge in [-0.1, -0.05) is 23.7 Å². The summed E-state index contributed by atoms with van der Waals surface area (Å²) in [7, 11) is 0. The van der Waals surface area contributed by atoms with Crippen molar-refractivity contribution in [3.05, 3.63) is 34.9 Å². The molecule has 0 bridgehead atoms. The summed E-state index contributed by atoms with van der Waals surface area (Å²) in [6.45, 7) is 2.02. The van der Waals surface area contributed by atoms with Gasteiger partial charge in [0.1, 0.15) is 0 Å². The molecule has 0 aromatic heterocycles. The van der Waals surface area contributed by atoms with Crippen LogP contribution in [0.15, 0.2) is 24.3 Å². The summed E-state index contributed by atoms with van der Waals surface area (Å²) in [6.07, 6.45) is 0.562. The lowest BCUT2D eigenvalue weighted by molar-refractivity contribution is -0.144. The summed E-state index contributed by atoms with van der Waals surface area (Å²) >= 11 is 5.83. The first-order valence-electron chi connectivity index (χ1n) is 6.00. The van der Waals surface area contributed by atoms with Crippen LogP contribution in [0, 0.1) is 5.92 Å². The molecule has 1 saturated heterocycles. The Morgan fingerprint density at radius 1 is 1.39 bits per heavy atom. The van der Waals surface area contributed by atoms with Gasteiger partial charge in [0.15, 0.2) is 0 Å². The lowest BCUT2D eigenvalue weighted by atomic mass is 9.94. The van der Waals surface area contributed by atoms with Crippen LogP contribution in [0.3, 0.4) is 0 Å². The Morgan fingerprint density at radius 3 is 2.67 bits per heavy atom. The monoisotopic (exact) mass is 268 g/mol. The van der Waals surface area contributed by atoms with Gasteiger partial charge in [0.05, 0.1) is 5.92 Å². The van der Waals surface area contributed by atoms with Crippen molar-refractivity contribution in [1.29, 1.82) is 0 Å². The van der Waals surface area contributed by atoms with Crippen molar-refractivity contribution in [2.24, 2.45) is 11.7 Å². The van der Waals surface area contributed by atoms with Crippen LogP contribution in [-0.2, 0) is 11.3 Å². The predicted molar refractivity (Wildman–Crippen MR) is 70.4 cm³/mol. The Bertz CT molecular complexity index is 422. The zero-order chi connectivity index (χ0) is 13.1. The molecular weight excluding hydrogens is 252 g/mol. The second-order valence-electron chi connectivity index (χ2n) is 4.85. The van der Waals surface area contributed by atoms with Gasteiger partial charge < -0.3 is 10.8 Å². The molecule has 1 aliphatic rings. The number of piperidine rings is 1. The van der Waals surface area contributed by atoms with E-state index in [1.165, 1.54) is 0 Å². The molecule has 1 aliphatic heterocycles. The Hall–Kier alpha value is -1.10. The molecule has 1 heterocycles. The van der Waals surface area contributed by atoms with E-state index in [4.69, 9.17) is 22.4 Å². The maximum Gasteiger partial charge on any atom is 0.307 e. The number of hydrogen-bond acceptors (Lipinski definition) is 3. The minimum atomic E-state index is -0.758. The number of carboxylic acids is 1. The molecular formula is C13H17ClN2O2. The summed E-state index contributed by atoms with van der Waals surface area (Å²) in [6, 6.07) is 7.54. The van der Waals surface area contributed by atoms with Gasteiger partial charge in [0, 0.05) is 30.7 Å². The van der Waals surface area contributed by atoms with E-state index in [1.54, 1.807) is 0 Å². The summed E-state index contributed by atoms with van der Waals surface area (Å²) < 4.78 is 0. The summed E-state index contributed by atoms with van der Waals surface area (Å²) in [4.78, 5) is 13.1. The van der Waals surface area contributed by atoms with Crippen LogP contribution >= 0.6 is 11.6 Å². The third-order valence-electron chi connectivity index (χ3n) is 3.23. The Kier molecular flexibility index (Phi) is 4.22. The molecule has 1 aromatic carbocycles. The number of halogens is 1. The molecule has 98 valence electrons. The molecule has 2 rings (SSSR count). The largest absolute Gasteiger partial charge is 0.481 e. The van der Waals surface area contributed by atoms with Crippen LogP contribution in [0.1, 0.15) is 12.0 Å². The molecule has 0 spiro atoms. The molecule has 18 heavy (non-hydrogen) atoms. The molecule has 1 aromatic rings. The number of carbonyl (C=O) groups is 1. The minimum absolute atomic E-state index is 0.0628. The van der Waals surface area contributed by atoms with Crippen molar-refractivity contribution in [2.75, 3.05) is 13.1 Å². The molecule has 5 heteroatoms. The highest BCUT2D eigenvalue weighted by atomic mass is 35.5. The van der Waals surface area contributed by atoms with Gasteiger partial charge in [-0.25, -0.2) is 0 Å². The second-order valence-corrected chi connectivity index (χ2v) is 5.29. The Morgan fingerprint density at radius 2 is 2.06 bits per heavy atom. The van der Waals surface area contributed by atoms with E-state index in [2.05, 4.69) is 4.90 Å². The fourth-order valence-corrected chi connectivity index (χ4v) is 2.51. The molecule has 0 radical (unpaired) electrons. The third kappa shape index (κ3) is 3.45. The molecule has 0 saturated carbocycles. The van der Waals surface area contributed by atoms with Gasteiger partial charge >= 0.3 is 5.97 Å². The topological polar surface area (TPSA) is 66.6 Å². The molecule has 0 aliphatic carbocycles. The van der Waals surface area contributed by atoms with E-state index < -0.39 is 5.97 Å². The first-order valence-corrected chi connectivity index (χ1v) is 6.37. The van der Waals surface area contributed by atoms with Crippen molar-refractivity contribution in [2.45, 2.75) is 19.0 Å². The highest BCUT2D eigenvalue weighted by Crippen LogP contribution is 2.19. The first-order chi connectivity index (χ1) is 8.54. The quantitative estimate of drug-likeness (QED) is 0.873. The SMILES string of the molecule is NC1CC(C(=O)O)CN(Cc2ccc(Cl)cc2)C1. The van der Waals surface area contributed by atoms with E-state index in [9.17, 15) is 4.79 Å². The van der Waals surface area contributed by atoms with Gasteiger partial charge in [-0.05, 0) is 24.1 Å². The van der Waals surface area contributed by atoms with Crippen LogP contribution in [0.4, 0.5) is 0 Å². The number of aliphatic carboxylic acids is 1. The average molecular weight is 269 g/mol. The number of rotatable bonds is 3. The summed E-state index contributed by atoms with van der Waals surface area (Å²) in [5, 5.41) is 9.78. The summed E-state index contributed by atoms with van der Waals surface area (Å²) in [5.41, 5.74) is 7.03. The predicted octanol–water partition coefficient (Wildman–Crippen LogP) is 1.57. The maximum atomic E-state index is 11.0. The maximum absolute atomic E-state index is 11.0. The van der Waals surface area contributed by atoms with Gasteiger partial charge in [-0.2, -0.15) is 0 Å². The molecule has 1 fully saturated rings. The van der Waals surface area contributed by atoms with Crippen molar-refractivity contribution in [3.63, 3.8) is 0 Å². The second kappa shape index (κ2) is 5.69. The number of likely N-dealkylation sites (tertiary alicyclic amines) is 1. The van der Waals surface area contributed by atoms with E-state index in [0.29, 0.717) is 24.5 Å². The Labute approximate surface area is 111 Å². The number of nitrogens with zero attached hydrogens (tertiary/aromatic N) is 1. The van der Waals surface area contributed by atoms with Crippen LogP contribution in [0.2, 0.25) is 5.02 Å². The van der Waals surface area contributed by atoms with E-state index in [0.717, 1.165) is 12.1 Å². The smallest absolute Gasteiger partial charge is 0.307 e. The normalized spacial score (nSPS) is 25.0. The van der Waals surface area contributed by atoms with Gasteiger partial charge in [0.25, 0.3) is 0 Å². The Balaban J connectivity index is 2.00. The fraction of sp³-hybridized carbons (Fsp3) is 0.462. The zero-order valence-corrected chi connectivity index (χ0v) is 10.8. The minimum Gasteiger partial charge on any atom is -0.481 e. The molecule has 4 nitrogen and oxygen atoms in total. The molecule has 2 unspecified atom stereocenters. The van der Waals surface area contributed by atoms with Crippen LogP contribution in [0.5, 0.6) is 0 Å².